The van der Waals surface area contributed by atoms with Gasteiger partial charge in [-0.1, -0.05) is 17.2 Å². The van der Waals surface area contributed by atoms with Crippen LogP contribution in [0.15, 0.2) is 34.9 Å². The molecule has 1 aliphatic carbocycles. The maximum absolute atomic E-state index is 8.93. The highest BCUT2D eigenvalue weighted by atomic mass is 16.4. The first-order valence-corrected chi connectivity index (χ1v) is 8.30. The van der Waals surface area contributed by atoms with E-state index in [2.05, 4.69) is 26.7 Å². The Hall–Kier alpha value is -3.14. The van der Waals surface area contributed by atoms with Crippen molar-refractivity contribution in [3.05, 3.63) is 47.5 Å². The normalized spacial score (nSPS) is 13.6. The fourth-order valence-electron chi connectivity index (χ4n) is 2.76. The molecule has 25 heavy (non-hydrogen) atoms. The highest BCUT2D eigenvalue weighted by Gasteiger charge is 2.24. The Balaban J connectivity index is 1.48. The van der Waals surface area contributed by atoms with Crippen LogP contribution in [-0.2, 0) is 20.0 Å². The zero-order valence-corrected chi connectivity index (χ0v) is 13.9. The van der Waals surface area contributed by atoms with Crippen LogP contribution in [0, 0.1) is 17.2 Å². The average molecular weight is 334 g/mol. The molecule has 1 aliphatic rings. The zero-order chi connectivity index (χ0) is 17.2. The minimum Gasteiger partial charge on any atom is -0.408 e. The first-order chi connectivity index (χ1) is 12.2. The van der Waals surface area contributed by atoms with E-state index in [-0.39, 0.29) is 0 Å². The molecule has 4 rings (SSSR count). The molecule has 0 bridgehead atoms. The van der Waals surface area contributed by atoms with Gasteiger partial charge in [-0.15, -0.1) is 5.10 Å². The number of nitrogens with one attached hydrogen (secondary N) is 1. The van der Waals surface area contributed by atoms with Crippen molar-refractivity contribution in [3.8, 4) is 17.3 Å². The van der Waals surface area contributed by atoms with Crippen LogP contribution in [0.1, 0.15) is 29.9 Å². The van der Waals surface area contributed by atoms with Gasteiger partial charge in [0.25, 0.3) is 0 Å². The number of aryl methyl sites for hydroxylation is 1. The van der Waals surface area contributed by atoms with Crippen LogP contribution in [0.3, 0.4) is 0 Å². The van der Waals surface area contributed by atoms with Gasteiger partial charge in [-0.05, 0) is 30.9 Å². The lowest BCUT2D eigenvalue weighted by atomic mass is 10.1. The summed E-state index contributed by atoms with van der Waals surface area (Å²) in [5.41, 5.74) is 3.50. The summed E-state index contributed by atoms with van der Waals surface area (Å²) in [6, 6.07) is 9.97. The monoisotopic (exact) mass is 334 g/mol. The maximum atomic E-state index is 8.93. The van der Waals surface area contributed by atoms with Gasteiger partial charge in [0.05, 0.1) is 17.3 Å². The topological polar surface area (TPSA) is 92.6 Å². The van der Waals surface area contributed by atoms with Gasteiger partial charge in [-0.25, -0.2) is 0 Å². The third-order valence-corrected chi connectivity index (χ3v) is 4.25. The predicted octanol–water partition coefficient (Wildman–Crippen LogP) is 2.91. The summed E-state index contributed by atoms with van der Waals surface area (Å²) < 4.78 is 7.42. The molecule has 0 amide bonds. The van der Waals surface area contributed by atoms with E-state index in [0.717, 1.165) is 29.2 Å². The fourth-order valence-corrected chi connectivity index (χ4v) is 2.76. The first kappa shape index (κ1) is 15.4. The molecule has 0 unspecified atom stereocenters. The Kier molecular flexibility index (Phi) is 3.94. The van der Waals surface area contributed by atoms with Gasteiger partial charge < -0.3 is 9.73 Å². The van der Waals surface area contributed by atoms with E-state index in [0.29, 0.717) is 24.0 Å². The zero-order valence-electron chi connectivity index (χ0n) is 13.9. The van der Waals surface area contributed by atoms with Crippen molar-refractivity contribution in [1.82, 2.24) is 20.0 Å². The number of hydrogen-bond acceptors (Lipinski definition) is 6. The minimum absolute atomic E-state index is 0.435. The molecule has 2 heterocycles. The van der Waals surface area contributed by atoms with Crippen molar-refractivity contribution in [2.24, 2.45) is 13.0 Å². The summed E-state index contributed by atoms with van der Waals surface area (Å²) in [7, 11) is 1.89. The number of benzene rings is 1. The molecule has 1 saturated carbocycles. The number of rotatable bonds is 6. The fraction of sp³-hybridized carbons (Fsp3) is 0.333. The molecule has 1 aromatic carbocycles. The number of nitrogens with zero attached hydrogens (tertiary/aromatic N) is 5. The van der Waals surface area contributed by atoms with E-state index in [9.17, 15) is 0 Å². The molecular formula is C18H18N6O. The highest BCUT2D eigenvalue weighted by molar-refractivity contribution is 5.64. The lowest BCUT2D eigenvalue weighted by molar-refractivity contribution is 0.491. The molecule has 0 saturated heterocycles. The average Bonchev–Trinajstić information content (AvgIpc) is 3.19. The Labute approximate surface area is 145 Å². The molecule has 0 aliphatic heterocycles. The Morgan fingerprint density at radius 1 is 1.28 bits per heavy atom. The molecule has 0 spiro atoms. The van der Waals surface area contributed by atoms with E-state index in [1.165, 1.54) is 12.8 Å². The number of hydrogen-bond donors (Lipinski definition) is 1. The molecule has 0 atom stereocenters. The maximum Gasteiger partial charge on any atom is 0.315 e. The second-order valence-electron chi connectivity index (χ2n) is 6.37. The van der Waals surface area contributed by atoms with Crippen LogP contribution in [0.25, 0.3) is 11.3 Å². The summed E-state index contributed by atoms with van der Waals surface area (Å²) in [6.07, 6.45) is 5.35. The van der Waals surface area contributed by atoms with Gasteiger partial charge in [-0.2, -0.15) is 10.4 Å². The molecule has 1 fully saturated rings. The molecule has 7 heteroatoms. The molecule has 2 aromatic heterocycles. The van der Waals surface area contributed by atoms with Gasteiger partial charge in [0.1, 0.15) is 0 Å². The summed E-state index contributed by atoms with van der Waals surface area (Å²) in [5, 5.41) is 24.8. The third-order valence-electron chi connectivity index (χ3n) is 4.25. The van der Waals surface area contributed by atoms with E-state index >= 15 is 0 Å². The molecule has 3 aromatic rings. The highest BCUT2D eigenvalue weighted by Crippen LogP contribution is 2.32. The second kappa shape index (κ2) is 6.40. The van der Waals surface area contributed by atoms with Gasteiger partial charge in [0.15, 0.2) is 0 Å². The van der Waals surface area contributed by atoms with E-state index in [4.69, 9.17) is 9.68 Å². The molecule has 7 nitrogen and oxygen atoms in total. The summed E-state index contributed by atoms with van der Waals surface area (Å²) in [5.74, 6) is 1.41. The van der Waals surface area contributed by atoms with Crippen LogP contribution in [-0.4, -0.2) is 20.0 Å². The number of aromatic nitrogens is 4. The van der Waals surface area contributed by atoms with Crippen molar-refractivity contribution in [1.29, 1.82) is 5.26 Å². The van der Waals surface area contributed by atoms with E-state index in [1.807, 2.05) is 25.4 Å². The van der Waals surface area contributed by atoms with Crippen molar-refractivity contribution < 1.29 is 4.42 Å². The van der Waals surface area contributed by atoms with Gasteiger partial charge >= 0.3 is 6.01 Å². The summed E-state index contributed by atoms with van der Waals surface area (Å²) in [4.78, 5) is 0. The second-order valence-corrected chi connectivity index (χ2v) is 6.37. The Morgan fingerprint density at radius 2 is 2.08 bits per heavy atom. The lowest BCUT2D eigenvalue weighted by Gasteiger charge is -2.03. The molecule has 1 N–H and O–H groups in total. The largest absolute Gasteiger partial charge is 0.408 e. The minimum atomic E-state index is 0.435. The van der Waals surface area contributed by atoms with Crippen LogP contribution in [0.5, 0.6) is 0 Å². The van der Waals surface area contributed by atoms with Crippen molar-refractivity contribution in [2.45, 2.75) is 25.8 Å². The third kappa shape index (κ3) is 3.53. The quantitative estimate of drug-likeness (QED) is 0.745. The van der Waals surface area contributed by atoms with Crippen LogP contribution in [0.4, 0.5) is 6.01 Å². The van der Waals surface area contributed by atoms with Crippen molar-refractivity contribution in [2.75, 3.05) is 5.32 Å². The van der Waals surface area contributed by atoms with Crippen LogP contribution >= 0.6 is 0 Å². The van der Waals surface area contributed by atoms with Crippen molar-refractivity contribution in [3.63, 3.8) is 0 Å². The SMILES string of the molecule is Cn1cc(CNc2nnc(CC3CC3)o2)c(-c2ccc(C#N)cc2)n1. The smallest absolute Gasteiger partial charge is 0.315 e. The number of nitriles is 1. The van der Waals surface area contributed by atoms with Crippen molar-refractivity contribution >= 4 is 6.01 Å². The summed E-state index contributed by atoms with van der Waals surface area (Å²) in [6.45, 7) is 0.536. The van der Waals surface area contributed by atoms with Crippen LogP contribution < -0.4 is 5.32 Å². The van der Waals surface area contributed by atoms with Gasteiger partial charge in [-0.3, -0.25) is 4.68 Å². The van der Waals surface area contributed by atoms with Gasteiger partial charge in [0.2, 0.25) is 5.89 Å². The summed E-state index contributed by atoms with van der Waals surface area (Å²) >= 11 is 0. The van der Waals surface area contributed by atoms with E-state index in [1.54, 1.807) is 16.8 Å². The van der Waals surface area contributed by atoms with Crippen LogP contribution in [0.2, 0.25) is 0 Å². The lowest BCUT2D eigenvalue weighted by Crippen LogP contribution is -2.00. The number of anilines is 1. The first-order valence-electron chi connectivity index (χ1n) is 8.30. The molecular weight excluding hydrogens is 316 g/mol. The standard InChI is InChI=1S/C18H18N6O/c1-24-11-15(17(23-24)14-6-4-13(9-19)5-7-14)10-20-18-22-21-16(25-18)8-12-2-3-12/h4-7,11-12H,2-3,8,10H2,1H3,(H,20,22). The predicted molar refractivity (Wildman–Crippen MR) is 91.4 cm³/mol. The molecule has 126 valence electrons. The Bertz CT molecular complexity index is 914. The van der Waals surface area contributed by atoms with E-state index < -0.39 is 0 Å². The van der Waals surface area contributed by atoms with Gasteiger partial charge in [0, 0.05) is 37.3 Å². The Morgan fingerprint density at radius 3 is 2.80 bits per heavy atom. The molecule has 0 radical (unpaired) electrons.